The highest BCUT2D eigenvalue weighted by Crippen LogP contribution is 2.21. The summed E-state index contributed by atoms with van der Waals surface area (Å²) in [6, 6.07) is 9.27. The quantitative estimate of drug-likeness (QED) is 0.634. The number of hydrogen-bond donors (Lipinski definition) is 1. The van der Waals surface area contributed by atoms with Crippen LogP contribution in [0.15, 0.2) is 24.3 Å². The Balaban J connectivity index is 1.79. The molecule has 2 rings (SSSR count). The van der Waals surface area contributed by atoms with Crippen molar-refractivity contribution in [3.05, 3.63) is 29.8 Å². The van der Waals surface area contributed by atoms with Crippen molar-refractivity contribution in [1.29, 1.82) is 0 Å². The Morgan fingerprint density at radius 3 is 2.62 bits per heavy atom. The van der Waals surface area contributed by atoms with Gasteiger partial charge >= 0.3 is 0 Å². The van der Waals surface area contributed by atoms with Crippen LogP contribution in [0.4, 0.5) is 0 Å². The first-order valence-electron chi connectivity index (χ1n) is 8.26. The van der Waals surface area contributed by atoms with Crippen LogP contribution in [0.3, 0.4) is 0 Å². The van der Waals surface area contributed by atoms with Gasteiger partial charge in [0.25, 0.3) is 0 Å². The average Bonchev–Trinajstić information content (AvgIpc) is 3.34. The summed E-state index contributed by atoms with van der Waals surface area (Å²) in [6.07, 6.45) is 6.23. The van der Waals surface area contributed by atoms with E-state index in [-0.39, 0.29) is 0 Å². The molecule has 0 aromatic heterocycles. The summed E-state index contributed by atoms with van der Waals surface area (Å²) in [5.74, 6) is 1.63. The molecule has 1 aromatic carbocycles. The molecule has 3 nitrogen and oxygen atoms in total. The zero-order valence-electron chi connectivity index (χ0n) is 13.4. The van der Waals surface area contributed by atoms with E-state index in [2.05, 4.69) is 36.5 Å². The molecule has 0 radical (unpaired) electrons. The van der Waals surface area contributed by atoms with Gasteiger partial charge in [-0.15, -0.1) is 0 Å². The van der Waals surface area contributed by atoms with E-state index >= 15 is 0 Å². The van der Waals surface area contributed by atoms with Gasteiger partial charge in [-0.25, -0.2) is 0 Å². The van der Waals surface area contributed by atoms with E-state index in [9.17, 15) is 0 Å². The van der Waals surface area contributed by atoms with Crippen LogP contribution < -0.4 is 10.1 Å². The monoisotopic (exact) mass is 291 g/mol. The van der Waals surface area contributed by atoms with Crippen molar-refractivity contribution < 1.29 is 9.47 Å². The van der Waals surface area contributed by atoms with Gasteiger partial charge in [-0.1, -0.05) is 12.1 Å². The first kappa shape index (κ1) is 16.3. The maximum atomic E-state index is 5.47. The second-order valence-electron chi connectivity index (χ2n) is 5.94. The molecule has 0 heterocycles. The van der Waals surface area contributed by atoms with E-state index in [0.29, 0.717) is 5.92 Å². The minimum atomic E-state index is 0.694. The molecule has 0 bridgehead atoms. The van der Waals surface area contributed by atoms with Gasteiger partial charge in [0.2, 0.25) is 0 Å². The highest BCUT2D eigenvalue weighted by molar-refractivity contribution is 5.27. The number of benzene rings is 1. The fourth-order valence-corrected chi connectivity index (χ4v) is 2.61. The van der Waals surface area contributed by atoms with Crippen molar-refractivity contribution in [3.63, 3.8) is 0 Å². The Morgan fingerprint density at radius 1 is 1.24 bits per heavy atom. The third kappa shape index (κ3) is 6.49. The normalized spacial score (nSPS) is 15.9. The molecule has 21 heavy (non-hydrogen) atoms. The molecule has 1 aliphatic rings. The van der Waals surface area contributed by atoms with E-state index in [1.807, 2.05) is 0 Å². The van der Waals surface area contributed by atoms with Gasteiger partial charge in [0.1, 0.15) is 5.75 Å². The Bertz CT molecular complexity index is 387. The Hall–Kier alpha value is -1.06. The molecule has 1 atom stereocenters. The zero-order valence-corrected chi connectivity index (χ0v) is 13.4. The predicted molar refractivity (Wildman–Crippen MR) is 86.9 cm³/mol. The molecular formula is C18H29NO2. The van der Waals surface area contributed by atoms with Crippen LogP contribution in [0.25, 0.3) is 0 Å². The third-order valence-electron chi connectivity index (χ3n) is 4.06. The number of nitrogens with one attached hydrogen (secondary N) is 1. The minimum Gasteiger partial charge on any atom is -0.497 e. The molecule has 1 saturated carbocycles. The summed E-state index contributed by atoms with van der Waals surface area (Å²) in [5, 5.41) is 3.67. The van der Waals surface area contributed by atoms with Gasteiger partial charge in [0.15, 0.2) is 0 Å². The number of rotatable bonds is 11. The molecule has 0 spiro atoms. The molecule has 0 saturated heterocycles. The molecular weight excluding hydrogens is 262 g/mol. The van der Waals surface area contributed by atoms with Crippen molar-refractivity contribution in [1.82, 2.24) is 5.32 Å². The molecule has 1 aliphatic carbocycles. The second kappa shape index (κ2) is 9.06. The lowest BCUT2D eigenvalue weighted by atomic mass is 9.94. The number of methoxy groups -OCH3 is 1. The fourth-order valence-electron chi connectivity index (χ4n) is 2.61. The highest BCUT2D eigenvalue weighted by Gasteiger charge is 2.21. The Labute approximate surface area is 129 Å². The molecule has 1 aromatic rings. The van der Waals surface area contributed by atoms with E-state index < -0.39 is 0 Å². The third-order valence-corrected chi connectivity index (χ3v) is 4.06. The molecule has 0 aliphatic heterocycles. The Kier molecular flexibility index (Phi) is 7.04. The van der Waals surface area contributed by atoms with Gasteiger partial charge < -0.3 is 14.8 Å². The van der Waals surface area contributed by atoms with Gasteiger partial charge in [-0.3, -0.25) is 0 Å². The van der Waals surface area contributed by atoms with Crippen LogP contribution in [-0.4, -0.2) is 32.9 Å². The van der Waals surface area contributed by atoms with E-state index in [4.69, 9.17) is 9.47 Å². The van der Waals surface area contributed by atoms with Crippen LogP contribution >= 0.6 is 0 Å². The SMILES string of the molecule is CCOCCCC(CNC1CC1)Cc1ccc(OC)cc1. The van der Waals surface area contributed by atoms with Gasteiger partial charge in [0.05, 0.1) is 7.11 Å². The van der Waals surface area contributed by atoms with Crippen molar-refractivity contribution in [2.75, 3.05) is 26.9 Å². The summed E-state index contributed by atoms with van der Waals surface area (Å²) < 4.78 is 10.7. The van der Waals surface area contributed by atoms with E-state index in [0.717, 1.165) is 44.4 Å². The first-order chi connectivity index (χ1) is 10.3. The molecule has 118 valence electrons. The molecule has 1 fully saturated rings. The standard InChI is InChI=1S/C18H29NO2/c1-3-21-12-4-5-16(14-19-17-8-9-17)13-15-6-10-18(20-2)11-7-15/h6-7,10-11,16-17,19H,3-5,8-9,12-14H2,1-2H3. The second-order valence-corrected chi connectivity index (χ2v) is 5.94. The van der Waals surface area contributed by atoms with Crippen LogP contribution in [0.1, 0.15) is 38.2 Å². The van der Waals surface area contributed by atoms with Crippen molar-refractivity contribution >= 4 is 0 Å². The fraction of sp³-hybridized carbons (Fsp3) is 0.667. The van der Waals surface area contributed by atoms with E-state index in [1.165, 1.54) is 24.8 Å². The molecule has 1 unspecified atom stereocenters. The molecule has 1 N–H and O–H groups in total. The van der Waals surface area contributed by atoms with Crippen molar-refractivity contribution in [2.45, 2.75) is 45.1 Å². The van der Waals surface area contributed by atoms with Crippen LogP contribution in [0, 0.1) is 5.92 Å². The van der Waals surface area contributed by atoms with Crippen LogP contribution in [-0.2, 0) is 11.2 Å². The van der Waals surface area contributed by atoms with Crippen LogP contribution in [0.5, 0.6) is 5.75 Å². The van der Waals surface area contributed by atoms with Gasteiger partial charge in [-0.2, -0.15) is 0 Å². The summed E-state index contributed by atoms with van der Waals surface area (Å²) >= 11 is 0. The predicted octanol–water partition coefficient (Wildman–Crippen LogP) is 3.42. The summed E-state index contributed by atoms with van der Waals surface area (Å²) in [6.45, 7) is 4.90. The maximum Gasteiger partial charge on any atom is 0.118 e. The summed E-state index contributed by atoms with van der Waals surface area (Å²) in [7, 11) is 1.71. The lowest BCUT2D eigenvalue weighted by Crippen LogP contribution is -2.26. The first-order valence-corrected chi connectivity index (χ1v) is 8.26. The highest BCUT2D eigenvalue weighted by atomic mass is 16.5. The van der Waals surface area contributed by atoms with Crippen LogP contribution in [0.2, 0.25) is 0 Å². The summed E-state index contributed by atoms with van der Waals surface area (Å²) in [4.78, 5) is 0. The minimum absolute atomic E-state index is 0.694. The van der Waals surface area contributed by atoms with Crippen molar-refractivity contribution in [2.24, 2.45) is 5.92 Å². The van der Waals surface area contributed by atoms with Gasteiger partial charge in [0, 0.05) is 19.3 Å². The number of ether oxygens (including phenoxy) is 2. The summed E-state index contributed by atoms with van der Waals surface area (Å²) in [5.41, 5.74) is 1.40. The van der Waals surface area contributed by atoms with Crippen molar-refractivity contribution in [3.8, 4) is 5.75 Å². The van der Waals surface area contributed by atoms with E-state index in [1.54, 1.807) is 7.11 Å². The number of hydrogen-bond acceptors (Lipinski definition) is 3. The smallest absolute Gasteiger partial charge is 0.118 e. The Morgan fingerprint density at radius 2 is 2.00 bits per heavy atom. The lowest BCUT2D eigenvalue weighted by molar-refractivity contribution is 0.139. The zero-order chi connectivity index (χ0) is 14.9. The maximum absolute atomic E-state index is 5.47. The average molecular weight is 291 g/mol. The molecule has 0 amide bonds. The molecule has 3 heteroatoms. The van der Waals surface area contributed by atoms with Gasteiger partial charge in [-0.05, 0) is 69.2 Å². The largest absolute Gasteiger partial charge is 0.497 e. The lowest BCUT2D eigenvalue weighted by Gasteiger charge is -2.18. The topological polar surface area (TPSA) is 30.5 Å².